The summed E-state index contributed by atoms with van der Waals surface area (Å²) in [5.41, 5.74) is -0.624. The molecule has 8 nitrogen and oxygen atoms in total. The molecule has 0 saturated carbocycles. The Labute approximate surface area is 129 Å². The number of carboxylic acids is 1. The molecule has 120 valence electrons. The van der Waals surface area contributed by atoms with Gasteiger partial charge in [-0.25, -0.2) is 13.9 Å². The summed E-state index contributed by atoms with van der Waals surface area (Å²) in [6.45, 7) is 1.03. The minimum Gasteiger partial charge on any atom is -0.477 e. The van der Waals surface area contributed by atoms with Crippen molar-refractivity contribution < 1.29 is 19.1 Å². The van der Waals surface area contributed by atoms with Crippen molar-refractivity contribution >= 4 is 11.9 Å². The zero-order valence-corrected chi connectivity index (χ0v) is 12.1. The molecule has 0 fully saturated rings. The zero-order chi connectivity index (χ0) is 17.0. The summed E-state index contributed by atoms with van der Waals surface area (Å²) in [6.07, 6.45) is 3.63. The van der Waals surface area contributed by atoms with Gasteiger partial charge in [-0.2, -0.15) is 5.10 Å². The molecule has 23 heavy (non-hydrogen) atoms. The van der Waals surface area contributed by atoms with Gasteiger partial charge >= 0.3 is 5.97 Å². The third-order valence-corrected chi connectivity index (χ3v) is 2.99. The lowest BCUT2D eigenvalue weighted by atomic mass is 10.2. The first kappa shape index (κ1) is 16.3. The first-order valence-electron chi connectivity index (χ1n) is 6.54. The summed E-state index contributed by atoms with van der Waals surface area (Å²) in [6, 6.07) is 1.21. The number of aromatic carboxylic acids is 1. The summed E-state index contributed by atoms with van der Waals surface area (Å²) in [4.78, 5) is 38.5. The van der Waals surface area contributed by atoms with Crippen molar-refractivity contribution in [3.63, 3.8) is 0 Å². The monoisotopic (exact) mass is 320 g/mol. The molecule has 0 aliphatic carbocycles. The number of hydrogen-bond donors (Lipinski definition) is 2. The molecule has 1 amide bonds. The van der Waals surface area contributed by atoms with Crippen LogP contribution in [-0.4, -0.2) is 31.7 Å². The third kappa shape index (κ3) is 3.96. The smallest absolute Gasteiger partial charge is 0.341 e. The molecule has 2 aromatic heterocycles. The Morgan fingerprint density at radius 1 is 1.35 bits per heavy atom. The second kappa shape index (κ2) is 6.77. The number of rotatable bonds is 5. The minimum atomic E-state index is -1.38. The van der Waals surface area contributed by atoms with Crippen LogP contribution in [0, 0.1) is 12.7 Å². The number of pyridine rings is 1. The Kier molecular flexibility index (Phi) is 4.79. The van der Waals surface area contributed by atoms with Crippen LogP contribution in [-0.2, 0) is 17.9 Å². The van der Waals surface area contributed by atoms with Gasteiger partial charge < -0.3 is 10.4 Å². The van der Waals surface area contributed by atoms with E-state index in [1.54, 1.807) is 0 Å². The Balaban J connectivity index is 2.08. The molecule has 0 atom stereocenters. The van der Waals surface area contributed by atoms with Gasteiger partial charge in [0.2, 0.25) is 5.91 Å². The molecule has 0 spiro atoms. The van der Waals surface area contributed by atoms with E-state index in [0.717, 1.165) is 10.9 Å². The second-order valence-corrected chi connectivity index (χ2v) is 4.76. The van der Waals surface area contributed by atoms with Gasteiger partial charge in [0, 0.05) is 12.7 Å². The fourth-order valence-electron chi connectivity index (χ4n) is 1.89. The van der Waals surface area contributed by atoms with Crippen LogP contribution in [0.1, 0.15) is 21.5 Å². The summed E-state index contributed by atoms with van der Waals surface area (Å²) in [7, 11) is 0. The number of aromatic nitrogens is 3. The number of nitrogens with one attached hydrogen (secondary N) is 1. The van der Waals surface area contributed by atoms with E-state index < -0.39 is 35.4 Å². The number of nitrogens with zero attached hydrogens (tertiary/aromatic N) is 3. The van der Waals surface area contributed by atoms with Crippen molar-refractivity contribution in [1.82, 2.24) is 20.1 Å². The maximum absolute atomic E-state index is 13.0. The molecule has 0 aromatic carbocycles. The largest absolute Gasteiger partial charge is 0.477 e. The molecule has 2 N–H and O–H groups in total. The molecule has 0 aliphatic rings. The Bertz CT molecular complexity index is 819. The summed E-state index contributed by atoms with van der Waals surface area (Å²) in [5.74, 6) is -2.47. The van der Waals surface area contributed by atoms with Crippen LogP contribution < -0.4 is 10.9 Å². The van der Waals surface area contributed by atoms with Gasteiger partial charge in [0.15, 0.2) is 0 Å². The molecular formula is C14H13FN4O4. The molecular weight excluding hydrogens is 307 g/mol. The van der Waals surface area contributed by atoms with Crippen LogP contribution in [0.4, 0.5) is 4.39 Å². The van der Waals surface area contributed by atoms with Crippen LogP contribution >= 0.6 is 0 Å². The van der Waals surface area contributed by atoms with Crippen LogP contribution in [0.5, 0.6) is 0 Å². The Morgan fingerprint density at radius 3 is 2.74 bits per heavy atom. The average Bonchev–Trinajstić information content (AvgIpc) is 2.48. The third-order valence-electron chi connectivity index (χ3n) is 2.99. The zero-order valence-electron chi connectivity index (χ0n) is 12.1. The lowest BCUT2D eigenvalue weighted by Crippen LogP contribution is -2.36. The molecule has 0 aliphatic heterocycles. The molecule has 0 radical (unpaired) electrons. The lowest BCUT2D eigenvalue weighted by Gasteiger charge is -2.08. The number of halogens is 1. The summed E-state index contributed by atoms with van der Waals surface area (Å²) >= 11 is 0. The van der Waals surface area contributed by atoms with Gasteiger partial charge in [0.25, 0.3) is 5.56 Å². The highest BCUT2D eigenvalue weighted by Gasteiger charge is 2.16. The van der Waals surface area contributed by atoms with E-state index in [0.29, 0.717) is 5.56 Å². The summed E-state index contributed by atoms with van der Waals surface area (Å²) in [5, 5.41) is 15.2. The maximum Gasteiger partial charge on any atom is 0.341 e. The van der Waals surface area contributed by atoms with E-state index in [1.165, 1.54) is 25.4 Å². The fourth-order valence-corrected chi connectivity index (χ4v) is 1.89. The molecule has 9 heteroatoms. The molecule has 2 heterocycles. The van der Waals surface area contributed by atoms with Gasteiger partial charge in [-0.15, -0.1) is 0 Å². The van der Waals surface area contributed by atoms with Gasteiger partial charge in [-0.3, -0.25) is 14.6 Å². The fraction of sp³-hybridized carbons (Fsp3) is 0.214. The predicted octanol–water partition coefficient (Wildman–Crippen LogP) is 0.100. The number of carbonyl (C=O) groups is 2. The number of hydrogen-bond acceptors (Lipinski definition) is 5. The maximum atomic E-state index is 13.0. The number of carbonyl (C=O) groups excluding carboxylic acids is 1. The average molecular weight is 320 g/mol. The van der Waals surface area contributed by atoms with E-state index in [9.17, 15) is 18.8 Å². The topological polar surface area (TPSA) is 114 Å². The number of carboxylic acid groups (broad SMARTS) is 1. The molecule has 0 saturated heterocycles. The molecule has 0 bridgehead atoms. The van der Waals surface area contributed by atoms with Crippen molar-refractivity contribution in [2.24, 2.45) is 0 Å². The first-order valence-corrected chi connectivity index (χ1v) is 6.54. The highest BCUT2D eigenvalue weighted by Crippen LogP contribution is 2.01. The summed E-state index contributed by atoms with van der Waals surface area (Å²) < 4.78 is 13.7. The quantitative estimate of drug-likeness (QED) is 0.807. The van der Waals surface area contributed by atoms with Crippen LogP contribution in [0.25, 0.3) is 0 Å². The van der Waals surface area contributed by atoms with Crippen LogP contribution in [0.2, 0.25) is 0 Å². The van der Waals surface area contributed by atoms with Crippen molar-refractivity contribution in [3.8, 4) is 0 Å². The van der Waals surface area contributed by atoms with Crippen molar-refractivity contribution in [1.29, 1.82) is 0 Å². The van der Waals surface area contributed by atoms with Gasteiger partial charge in [-0.1, -0.05) is 0 Å². The van der Waals surface area contributed by atoms with E-state index in [1.807, 2.05) is 0 Å². The highest BCUT2D eigenvalue weighted by atomic mass is 19.1. The van der Waals surface area contributed by atoms with E-state index in [4.69, 9.17) is 5.11 Å². The van der Waals surface area contributed by atoms with Crippen molar-refractivity contribution in [2.75, 3.05) is 0 Å². The molecule has 2 rings (SSSR count). The molecule has 0 unspecified atom stereocenters. The van der Waals surface area contributed by atoms with E-state index >= 15 is 0 Å². The van der Waals surface area contributed by atoms with Gasteiger partial charge in [0.1, 0.15) is 17.9 Å². The standard InChI is InChI=1S/C14H13FN4O4/c1-8-3-18-19(13(21)12(8)14(22)23)7-11(20)17-5-9-2-10(15)6-16-4-9/h2-4,6H,5,7H2,1H3,(H,17,20)(H,22,23). The number of aryl methyl sites for hydroxylation is 1. The minimum absolute atomic E-state index is 0.0238. The van der Waals surface area contributed by atoms with Crippen molar-refractivity contribution in [3.05, 3.63) is 57.5 Å². The van der Waals surface area contributed by atoms with Crippen LogP contribution in [0.15, 0.2) is 29.5 Å². The van der Waals surface area contributed by atoms with Crippen molar-refractivity contribution in [2.45, 2.75) is 20.0 Å². The van der Waals surface area contributed by atoms with Gasteiger partial charge in [0.05, 0.1) is 12.4 Å². The van der Waals surface area contributed by atoms with Gasteiger partial charge in [-0.05, 0) is 24.1 Å². The van der Waals surface area contributed by atoms with E-state index in [-0.39, 0.29) is 12.1 Å². The SMILES string of the molecule is Cc1cnn(CC(=O)NCc2cncc(F)c2)c(=O)c1C(=O)O. The Morgan fingerprint density at radius 2 is 2.09 bits per heavy atom. The van der Waals surface area contributed by atoms with Crippen LogP contribution in [0.3, 0.4) is 0 Å². The molecule has 2 aromatic rings. The van der Waals surface area contributed by atoms with E-state index in [2.05, 4.69) is 15.4 Å². The normalized spacial score (nSPS) is 10.3. The number of amides is 1. The second-order valence-electron chi connectivity index (χ2n) is 4.76. The first-order chi connectivity index (χ1) is 10.9. The highest BCUT2D eigenvalue weighted by molar-refractivity contribution is 5.88. The lowest BCUT2D eigenvalue weighted by molar-refractivity contribution is -0.122. The Hall–Kier alpha value is -3.10. The predicted molar refractivity (Wildman–Crippen MR) is 76.2 cm³/mol.